The van der Waals surface area contributed by atoms with Crippen LogP contribution in [0.5, 0.6) is 11.5 Å². The Hall–Kier alpha value is -2.99. The molecule has 3 rings (SSSR count). The number of anilines is 1. The number of aromatic nitrogens is 2. The molecular weight excluding hydrogens is 366 g/mol. The number of hydrogen-bond donors (Lipinski definition) is 1. The highest BCUT2D eigenvalue weighted by atomic mass is 35.5. The molecule has 0 aliphatic rings. The third-order valence-corrected chi connectivity index (χ3v) is 3.89. The maximum atomic E-state index is 12.4. The van der Waals surface area contributed by atoms with E-state index >= 15 is 0 Å². The summed E-state index contributed by atoms with van der Waals surface area (Å²) in [7, 11) is 0. The molecule has 0 radical (unpaired) electrons. The molecule has 6 nitrogen and oxygen atoms in total. The van der Waals surface area contributed by atoms with Gasteiger partial charge in [-0.05, 0) is 44.2 Å². The van der Waals surface area contributed by atoms with E-state index in [2.05, 4.69) is 10.4 Å². The first-order chi connectivity index (χ1) is 13.1. The summed E-state index contributed by atoms with van der Waals surface area (Å²) in [5.41, 5.74) is 1.53. The van der Waals surface area contributed by atoms with Crippen LogP contribution in [-0.2, 0) is 4.79 Å². The van der Waals surface area contributed by atoms with Gasteiger partial charge in [0.1, 0.15) is 5.82 Å². The SMILES string of the molecule is CCOc1ccccc1OCC(=O)Nc1cc(C)nn1-c1cccc(Cl)c1. The molecule has 0 saturated heterocycles. The van der Waals surface area contributed by atoms with Crippen LogP contribution in [-0.4, -0.2) is 28.9 Å². The molecule has 1 aromatic heterocycles. The molecule has 2 aromatic carbocycles. The number of aryl methyl sites for hydroxylation is 1. The van der Waals surface area contributed by atoms with E-state index in [9.17, 15) is 4.79 Å². The molecule has 7 heteroatoms. The van der Waals surface area contributed by atoms with Crippen LogP contribution >= 0.6 is 11.6 Å². The molecule has 0 spiro atoms. The van der Waals surface area contributed by atoms with Crippen molar-refractivity contribution < 1.29 is 14.3 Å². The molecular formula is C20H20ClN3O3. The van der Waals surface area contributed by atoms with Gasteiger partial charge in [0.2, 0.25) is 0 Å². The zero-order valence-corrected chi connectivity index (χ0v) is 15.9. The molecule has 1 heterocycles. The fraction of sp³-hybridized carbons (Fsp3) is 0.200. The van der Waals surface area contributed by atoms with Gasteiger partial charge in [-0.1, -0.05) is 29.8 Å². The van der Waals surface area contributed by atoms with Crippen molar-refractivity contribution in [3.8, 4) is 17.2 Å². The van der Waals surface area contributed by atoms with Crippen molar-refractivity contribution in [2.24, 2.45) is 0 Å². The second-order valence-electron chi connectivity index (χ2n) is 5.78. The quantitative estimate of drug-likeness (QED) is 0.660. The Kier molecular flexibility index (Phi) is 5.98. The molecule has 3 aromatic rings. The zero-order chi connectivity index (χ0) is 19.2. The van der Waals surface area contributed by atoms with E-state index in [4.69, 9.17) is 21.1 Å². The largest absolute Gasteiger partial charge is 0.490 e. The number of rotatable bonds is 7. The number of ether oxygens (including phenoxy) is 2. The van der Waals surface area contributed by atoms with E-state index in [-0.39, 0.29) is 12.5 Å². The number of nitrogens with one attached hydrogen (secondary N) is 1. The highest BCUT2D eigenvalue weighted by Crippen LogP contribution is 2.26. The van der Waals surface area contributed by atoms with E-state index in [0.29, 0.717) is 28.9 Å². The highest BCUT2D eigenvalue weighted by Gasteiger charge is 2.13. The van der Waals surface area contributed by atoms with Crippen molar-refractivity contribution in [2.45, 2.75) is 13.8 Å². The fourth-order valence-electron chi connectivity index (χ4n) is 2.56. The van der Waals surface area contributed by atoms with Crippen LogP contribution in [0.15, 0.2) is 54.6 Å². The third kappa shape index (κ3) is 4.80. The summed E-state index contributed by atoms with van der Waals surface area (Å²) < 4.78 is 12.7. The molecule has 27 heavy (non-hydrogen) atoms. The lowest BCUT2D eigenvalue weighted by molar-refractivity contribution is -0.118. The van der Waals surface area contributed by atoms with Crippen LogP contribution in [0.25, 0.3) is 5.69 Å². The Bertz CT molecular complexity index is 940. The molecule has 0 fully saturated rings. The predicted octanol–water partition coefficient (Wildman–Crippen LogP) is 4.25. The monoisotopic (exact) mass is 385 g/mol. The summed E-state index contributed by atoms with van der Waals surface area (Å²) in [5.74, 6) is 1.37. The Morgan fingerprint density at radius 1 is 1.11 bits per heavy atom. The predicted molar refractivity (Wildman–Crippen MR) is 105 cm³/mol. The first kappa shape index (κ1) is 18.8. The van der Waals surface area contributed by atoms with E-state index in [1.165, 1.54) is 0 Å². The Morgan fingerprint density at radius 3 is 2.56 bits per heavy atom. The van der Waals surface area contributed by atoms with E-state index in [1.54, 1.807) is 35.0 Å². The molecule has 0 unspecified atom stereocenters. The molecule has 0 aliphatic carbocycles. The third-order valence-electron chi connectivity index (χ3n) is 3.66. The number of para-hydroxylation sites is 2. The number of nitrogens with zero attached hydrogens (tertiary/aromatic N) is 2. The van der Waals surface area contributed by atoms with Gasteiger partial charge in [0.25, 0.3) is 5.91 Å². The second-order valence-corrected chi connectivity index (χ2v) is 6.22. The van der Waals surface area contributed by atoms with Crippen LogP contribution in [0.4, 0.5) is 5.82 Å². The number of amides is 1. The zero-order valence-electron chi connectivity index (χ0n) is 15.1. The number of halogens is 1. The van der Waals surface area contributed by atoms with E-state index in [1.807, 2.05) is 38.1 Å². The van der Waals surface area contributed by atoms with Crippen molar-refractivity contribution >= 4 is 23.3 Å². The minimum atomic E-state index is -0.301. The van der Waals surface area contributed by atoms with Crippen molar-refractivity contribution in [1.82, 2.24) is 9.78 Å². The first-order valence-corrected chi connectivity index (χ1v) is 8.91. The van der Waals surface area contributed by atoms with Crippen molar-refractivity contribution in [1.29, 1.82) is 0 Å². The van der Waals surface area contributed by atoms with Crippen molar-refractivity contribution in [3.63, 3.8) is 0 Å². The fourth-order valence-corrected chi connectivity index (χ4v) is 2.74. The molecule has 0 atom stereocenters. The Labute approximate surface area is 162 Å². The maximum absolute atomic E-state index is 12.4. The van der Waals surface area contributed by atoms with Crippen LogP contribution in [0.2, 0.25) is 5.02 Å². The molecule has 0 aliphatic heterocycles. The lowest BCUT2D eigenvalue weighted by atomic mass is 10.3. The topological polar surface area (TPSA) is 65.4 Å². The van der Waals surface area contributed by atoms with E-state index in [0.717, 1.165) is 11.4 Å². The summed E-state index contributed by atoms with van der Waals surface area (Å²) >= 11 is 6.06. The Balaban J connectivity index is 1.70. The van der Waals surface area contributed by atoms with Gasteiger partial charge in [-0.25, -0.2) is 4.68 Å². The van der Waals surface area contributed by atoms with Gasteiger partial charge in [-0.3, -0.25) is 4.79 Å². The maximum Gasteiger partial charge on any atom is 0.263 e. The summed E-state index contributed by atoms with van der Waals surface area (Å²) in [4.78, 5) is 12.4. The smallest absolute Gasteiger partial charge is 0.263 e. The van der Waals surface area contributed by atoms with Gasteiger partial charge in [-0.15, -0.1) is 0 Å². The van der Waals surface area contributed by atoms with Gasteiger partial charge >= 0.3 is 0 Å². The van der Waals surface area contributed by atoms with Crippen molar-refractivity contribution in [2.75, 3.05) is 18.5 Å². The van der Waals surface area contributed by atoms with Crippen LogP contribution in [0.1, 0.15) is 12.6 Å². The summed E-state index contributed by atoms with van der Waals surface area (Å²) in [5, 5.41) is 7.83. The first-order valence-electron chi connectivity index (χ1n) is 8.54. The Morgan fingerprint density at radius 2 is 1.85 bits per heavy atom. The van der Waals surface area contributed by atoms with Crippen LogP contribution < -0.4 is 14.8 Å². The molecule has 140 valence electrons. The summed E-state index contributed by atoms with van der Waals surface area (Å²) in [6.45, 7) is 4.11. The molecule has 1 amide bonds. The van der Waals surface area contributed by atoms with Gasteiger partial charge in [0.05, 0.1) is 18.0 Å². The van der Waals surface area contributed by atoms with Gasteiger partial charge < -0.3 is 14.8 Å². The van der Waals surface area contributed by atoms with Crippen LogP contribution in [0, 0.1) is 6.92 Å². The van der Waals surface area contributed by atoms with Crippen LogP contribution in [0.3, 0.4) is 0 Å². The number of benzene rings is 2. The summed E-state index contributed by atoms with van der Waals surface area (Å²) in [6, 6.07) is 16.3. The molecule has 0 bridgehead atoms. The minimum absolute atomic E-state index is 0.149. The minimum Gasteiger partial charge on any atom is -0.490 e. The average Bonchev–Trinajstić information content (AvgIpc) is 3.01. The standard InChI is InChI=1S/C20H20ClN3O3/c1-3-26-17-9-4-5-10-18(17)27-13-20(25)22-19-11-14(2)23-24(19)16-8-6-7-15(21)12-16/h4-12H,3,13H2,1-2H3,(H,22,25). The van der Waals surface area contributed by atoms with Gasteiger partial charge in [-0.2, -0.15) is 5.10 Å². The lowest BCUT2D eigenvalue weighted by Crippen LogP contribution is -2.22. The molecule has 0 saturated carbocycles. The summed E-state index contributed by atoms with van der Waals surface area (Å²) in [6.07, 6.45) is 0. The highest BCUT2D eigenvalue weighted by molar-refractivity contribution is 6.30. The molecule has 1 N–H and O–H groups in total. The number of carbonyl (C=O) groups is 1. The van der Waals surface area contributed by atoms with E-state index < -0.39 is 0 Å². The normalized spacial score (nSPS) is 10.5. The van der Waals surface area contributed by atoms with Gasteiger partial charge in [0.15, 0.2) is 18.1 Å². The lowest BCUT2D eigenvalue weighted by Gasteiger charge is -2.12. The van der Waals surface area contributed by atoms with Crippen molar-refractivity contribution in [3.05, 3.63) is 65.3 Å². The average molecular weight is 386 g/mol. The second kappa shape index (κ2) is 8.60. The number of hydrogen-bond acceptors (Lipinski definition) is 4. The van der Waals surface area contributed by atoms with Gasteiger partial charge in [0, 0.05) is 11.1 Å². The number of carbonyl (C=O) groups excluding carboxylic acids is 1.